The maximum absolute atomic E-state index is 12.0. The van der Waals surface area contributed by atoms with Crippen molar-refractivity contribution in [2.45, 2.75) is 45.8 Å². The van der Waals surface area contributed by atoms with E-state index in [1.807, 2.05) is 13.8 Å². The minimum atomic E-state index is -1.15. The van der Waals surface area contributed by atoms with Gasteiger partial charge in [0, 0.05) is 11.1 Å². The highest BCUT2D eigenvalue weighted by molar-refractivity contribution is 6.31. The number of aromatic carboxylic acids is 1. The van der Waals surface area contributed by atoms with E-state index in [4.69, 9.17) is 21.4 Å². The lowest BCUT2D eigenvalue weighted by molar-refractivity contribution is -0.128. The third-order valence-corrected chi connectivity index (χ3v) is 3.41. The van der Waals surface area contributed by atoms with Gasteiger partial charge in [-0.25, -0.2) is 4.79 Å². The van der Waals surface area contributed by atoms with Gasteiger partial charge in [0.15, 0.2) is 6.10 Å². The number of benzene rings is 1. The molecule has 1 aromatic carbocycles. The van der Waals surface area contributed by atoms with Gasteiger partial charge in [-0.2, -0.15) is 0 Å². The Hall–Kier alpha value is -1.75. The van der Waals surface area contributed by atoms with Gasteiger partial charge < -0.3 is 15.2 Å². The molecular weight excluding hydrogens is 294 g/mol. The number of rotatable bonds is 7. The van der Waals surface area contributed by atoms with Crippen molar-refractivity contribution in [1.82, 2.24) is 5.32 Å². The molecule has 21 heavy (non-hydrogen) atoms. The average molecular weight is 314 g/mol. The fourth-order valence-electron chi connectivity index (χ4n) is 1.83. The Balaban J connectivity index is 2.81. The number of halogens is 1. The van der Waals surface area contributed by atoms with Crippen LogP contribution in [0.2, 0.25) is 5.02 Å². The van der Waals surface area contributed by atoms with Crippen LogP contribution in [0, 0.1) is 0 Å². The second kappa shape index (κ2) is 7.88. The summed E-state index contributed by atoms with van der Waals surface area (Å²) in [5.74, 6) is -1.30. The van der Waals surface area contributed by atoms with Crippen molar-refractivity contribution in [2.75, 3.05) is 0 Å². The summed E-state index contributed by atoms with van der Waals surface area (Å²) in [6, 6.07) is 4.36. The van der Waals surface area contributed by atoms with Crippen LogP contribution in [0.5, 0.6) is 5.75 Å². The van der Waals surface area contributed by atoms with Gasteiger partial charge in [-0.05, 0) is 38.0 Å². The minimum Gasteiger partial charge on any atom is -0.480 e. The molecule has 0 heterocycles. The number of carboxylic acid groups (broad SMARTS) is 1. The Morgan fingerprint density at radius 2 is 1.95 bits per heavy atom. The first-order valence-electron chi connectivity index (χ1n) is 6.88. The van der Waals surface area contributed by atoms with E-state index in [-0.39, 0.29) is 23.3 Å². The van der Waals surface area contributed by atoms with Crippen LogP contribution < -0.4 is 10.1 Å². The number of hydrogen-bond acceptors (Lipinski definition) is 3. The first-order chi connectivity index (χ1) is 9.88. The fourth-order valence-corrected chi connectivity index (χ4v) is 2.00. The lowest BCUT2D eigenvalue weighted by atomic mass is 10.1. The Labute approximate surface area is 129 Å². The predicted octanol–water partition coefficient (Wildman–Crippen LogP) is 3.11. The molecule has 116 valence electrons. The second-order valence-electron chi connectivity index (χ2n) is 4.73. The van der Waals surface area contributed by atoms with Crippen molar-refractivity contribution >= 4 is 23.5 Å². The monoisotopic (exact) mass is 313 g/mol. The van der Waals surface area contributed by atoms with Crippen LogP contribution in [0.3, 0.4) is 0 Å². The number of carboxylic acids is 1. The van der Waals surface area contributed by atoms with Crippen LogP contribution in [0.4, 0.5) is 0 Å². The van der Waals surface area contributed by atoms with Gasteiger partial charge in [0.05, 0.1) is 0 Å². The molecule has 0 saturated heterocycles. The number of ether oxygens (including phenoxy) is 1. The van der Waals surface area contributed by atoms with Crippen LogP contribution in [-0.2, 0) is 4.79 Å². The van der Waals surface area contributed by atoms with Gasteiger partial charge in [-0.1, -0.05) is 25.4 Å². The number of carbonyl (C=O) groups is 2. The molecule has 0 bridgehead atoms. The highest BCUT2D eigenvalue weighted by atomic mass is 35.5. The summed E-state index contributed by atoms with van der Waals surface area (Å²) in [6.07, 6.45) is 0.872. The van der Waals surface area contributed by atoms with E-state index >= 15 is 0 Å². The molecule has 2 N–H and O–H groups in total. The molecule has 0 aliphatic heterocycles. The SMILES string of the molecule is CCC(CC)NC(=O)C(C)Oc1ccc(Cl)cc1C(=O)O. The smallest absolute Gasteiger partial charge is 0.339 e. The summed E-state index contributed by atoms with van der Waals surface area (Å²) in [5, 5.41) is 12.3. The standard InChI is InChI=1S/C15H20ClNO4/c1-4-11(5-2)17-14(18)9(3)21-13-7-6-10(16)8-12(13)15(19)20/h6-9,11H,4-5H2,1-3H3,(H,17,18)(H,19,20). The minimum absolute atomic E-state index is 0.0651. The zero-order chi connectivity index (χ0) is 16.0. The Morgan fingerprint density at radius 1 is 1.33 bits per heavy atom. The van der Waals surface area contributed by atoms with Crippen LogP contribution in [0.15, 0.2) is 18.2 Å². The van der Waals surface area contributed by atoms with Crippen molar-refractivity contribution < 1.29 is 19.4 Å². The Morgan fingerprint density at radius 3 is 2.48 bits per heavy atom. The zero-order valence-electron chi connectivity index (χ0n) is 12.4. The Bertz CT molecular complexity index is 514. The van der Waals surface area contributed by atoms with Crippen molar-refractivity contribution in [3.8, 4) is 5.75 Å². The first-order valence-corrected chi connectivity index (χ1v) is 7.26. The molecule has 0 radical (unpaired) electrons. The molecule has 1 rings (SSSR count). The molecule has 1 amide bonds. The molecular formula is C15H20ClNO4. The maximum Gasteiger partial charge on any atom is 0.339 e. The van der Waals surface area contributed by atoms with E-state index in [0.717, 1.165) is 12.8 Å². The molecule has 0 spiro atoms. The molecule has 1 unspecified atom stereocenters. The Kier molecular flexibility index (Phi) is 6.49. The summed E-state index contributed by atoms with van der Waals surface area (Å²) in [6.45, 7) is 5.56. The zero-order valence-corrected chi connectivity index (χ0v) is 13.1. The van der Waals surface area contributed by atoms with Crippen LogP contribution in [-0.4, -0.2) is 29.1 Å². The number of hydrogen-bond donors (Lipinski definition) is 2. The van der Waals surface area contributed by atoms with Crippen LogP contribution in [0.1, 0.15) is 44.0 Å². The molecule has 6 heteroatoms. The van der Waals surface area contributed by atoms with Crippen LogP contribution >= 0.6 is 11.6 Å². The average Bonchev–Trinajstić information content (AvgIpc) is 2.45. The van der Waals surface area contributed by atoms with E-state index in [1.165, 1.54) is 18.2 Å². The van der Waals surface area contributed by atoms with E-state index in [2.05, 4.69) is 5.32 Å². The number of nitrogens with one attached hydrogen (secondary N) is 1. The summed E-state index contributed by atoms with van der Waals surface area (Å²) < 4.78 is 5.46. The van der Waals surface area contributed by atoms with Crippen LogP contribution in [0.25, 0.3) is 0 Å². The molecule has 0 aromatic heterocycles. The van der Waals surface area contributed by atoms with Crippen molar-refractivity contribution in [2.24, 2.45) is 0 Å². The topological polar surface area (TPSA) is 75.6 Å². The number of carbonyl (C=O) groups excluding carboxylic acids is 1. The second-order valence-corrected chi connectivity index (χ2v) is 5.16. The van der Waals surface area contributed by atoms with Gasteiger partial charge in [0.1, 0.15) is 11.3 Å². The summed E-state index contributed by atoms with van der Waals surface area (Å²) >= 11 is 5.77. The summed E-state index contributed by atoms with van der Waals surface area (Å²) in [5.41, 5.74) is -0.0651. The lowest BCUT2D eigenvalue weighted by Gasteiger charge is -2.20. The molecule has 0 aliphatic carbocycles. The van der Waals surface area contributed by atoms with Crippen molar-refractivity contribution in [3.05, 3.63) is 28.8 Å². The van der Waals surface area contributed by atoms with Crippen molar-refractivity contribution in [3.63, 3.8) is 0 Å². The van der Waals surface area contributed by atoms with Gasteiger partial charge >= 0.3 is 5.97 Å². The van der Waals surface area contributed by atoms with Crippen molar-refractivity contribution in [1.29, 1.82) is 0 Å². The molecule has 1 aromatic rings. The fraction of sp³-hybridized carbons (Fsp3) is 0.467. The van der Waals surface area contributed by atoms with E-state index in [1.54, 1.807) is 6.92 Å². The highest BCUT2D eigenvalue weighted by Gasteiger charge is 2.20. The predicted molar refractivity (Wildman–Crippen MR) is 81.0 cm³/mol. The normalized spacial score (nSPS) is 12.0. The van der Waals surface area contributed by atoms with E-state index in [0.29, 0.717) is 5.02 Å². The van der Waals surface area contributed by atoms with Gasteiger partial charge in [-0.15, -0.1) is 0 Å². The molecule has 1 atom stereocenters. The van der Waals surface area contributed by atoms with E-state index < -0.39 is 12.1 Å². The van der Waals surface area contributed by atoms with Gasteiger partial charge in [0.25, 0.3) is 5.91 Å². The third-order valence-electron chi connectivity index (χ3n) is 3.18. The largest absolute Gasteiger partial charge is 0.480 e. The molecule has 0 saturated carbocycles. The third kappa shape index (κ3) is 4.93. The quantitative estimate of drug-likeness (QED) is 0.811. The summed E-state index contributed by atoms with van der Waals surface area (Å²) in [7, 11) is 0. The molecule has 0 aliphatic rings. The maximum atomic E-state index is 12.0. The first kappa shape index (κ1) is 17.3. The molecule has 5 nitrogen and oxygen atoms in total. The highest BCUT2D eigenvalue weighted by Crippen LogP contribution is 2.24. The summed E-state index contributed by atoms with van der Waals surface area (Å²) in [4.78, 5) is 23.2. The number of amides is 1. The van der Waals surface area contributed by atoms with Gasteiger partial charge in [-0.3, -0.25) is 4.79 Å². The lowest BCUT2D eigenvalue weighted by Crippen LogP contribution is -2.42. The van der Waals surface area contributed by atoms with Gasteiger partial charge in [0.2, 0.25) is 0 Å². The van der Waals surface area contributed by atoms with E-state index in [9.17, 15) is 9.59 Å². The molecule has 0 fully saturated rings.